The van der Waals surface area contributed by atoms with Crippen LogP contribution >= 0.6 is 23.2 Å². The summed E-state index contributed by atoms with van der Waals surface area (Å²) in [5, 5.41) is 14.4. The van der Waals surface area contributed by atoms with Gasteiger partial charge in [-0.2, -0.15) is 5.10 Å². The van der Waals surface area contributed by atoms with Gasteiger partial charge in [-0.05, 0) is 53.6 Å². The number of benzene rings is 3. The summed E-state index contributed by atoms with van der Waals surface area (Å²) in [7, 11) is 0. The smallest absolute Gasteiger partial charge is 0.345 e. The molecule has 3 aromatic rings. The van der Waals surface area contributed by atoms with Gasteiger partial charge in [0.2, 0.25) is 0 Å². The summed E-state index contributed by atoms with van der Waals surface area (Å²) >= 11 is 11.8. The molecule has 8 heteroatoms. The maximum atomic E-state index is 12.2. The first-order valence-corrected chi connectivity index (χ1v) is 9.53. The summed E-state index contributed by atoms with van der Waals surface area (Å²) in [6, 6.07) is 19.5. The highest BCUT2D eigenvalue weighted by molar-refractivity contribution is 6.36. The predicted octanol–water partition coefficient (Wildman–Crippen LogP) is 4.40. The molecular weight excluding hydrogens is 427 g/mol. The Morgan fingerprint density at radius 2 is 1.70 bits per heavy atom. The van der Waals surface area contributed by atoms with Crippen LogP contribution in [0.25, 0.3) is 0 Å². The minimum Gasteiger partial charge on any atom is -0.423 e. The van der Waals surface area contributed by atoms with E-state index in [1.807, 2.05) is 0 Å². The number of amides is 1. The monoisotopic (exact) mass is 442 g/mol. The summed E-state index contributed by atoms with van der Waals surface area (Å²) in [5.74, 6) is -0.949. The van der Waals surface area contributed by atoms with E-state index in [4.69, 9.17) is 27.9 Å². The standard InChI is InChI=1S/C22H16Cl2N2O4/c23-16-8-11-18(19(24)12-16)22(29)30-17-9-6-14(7-10-17)13-25-26-21(28)20(27)15-4-2-1-3-5-15/h1-13,20,27H,(H,26,28). The van der Waals surface area contributed by atoms with Crippen LogP contribution in [0.5, 0.6) is 5.75 Å². The first-order valence-electron chi connectivity index (χ1n) is 8.77. The van der Waals surface area contributed by atoms with Gasteiger partial charge in [-0.25, -0.2) is 10.2 Å². The number of nitrogens with zero attached hydrogens (tertiary/aromatic N) is 1. The van der Waals surface area contributed by atoms with Crippen molar-refractivity contribution >= 4 is 41.3 Å². The molecule has 1 unspecified atom stereocenters. The number of aliphatic hydroxyl groups is 1. The second-order valence-corrected chi connectivity index (χ2v) is 6.97. The van der Waals surface area contributed by atoms with Gasteiger partial charge in [0.05, 0.1) is 16.8 Å². The van der Waals surface area contributed by atoms with Crippen LogP contribution in [0.15, 0.2) is 77.9 Å². The topological polar surface area (TPSA) is 88.0 Å². The Labute approximate surface area is 182 Å². The Hall–Kier alpha value is -3.19. The van der Waals surface area contributed by atoms with Crippen molar-refractivity contribution in [1.29, 1.82) is 0 Å². The summed E-state index contributed by atoms with van der Waals surface area (Å²) in [6.45, 7) is 0. The lowest BCUT2D eigenvalue weighted by Crippen LogP contribution is -2.25. The quantitative estimate of drug-likeness (QED) is 0.256. The lowest BCUT2D eigenvalue weighted by atomic mass is 10.1. The normalized spacial score (nSPS) is 11.8. The highest BCUT2D eigenvalue weighted by Gasteiger charge is 2.16. The fraction of sp³-hybridized carbons (Fsp3) is 0.0455. The van der Waals surface area contributed by atoms with Gasteiger partial charge in [0, 0.05) is 5.02 Å². The van der Waals surface area contributed by atoms with E-state index < -0.39 is 18.0 Å². The van der Waals surface area contributed by atoms with Gasteiger partial charge in [-0.3, -0.25) is 4.79 Å². The number of hydrogen-bond acceptors (Lipinski definition) is 5. The number of halogens is 2. The van der Waals surface area contributed by atoms with Gasteiger partial charge in [0.25, 0.3) is 5.91 Å². The molecule has 0 bridgehead atoms. The van der Waals surface area contributed by atoms with E-state index >= 15 is 0 Å². The molecule has 1 amide bonds. The van der Waals surface area contributed by atoms with E-state index in [0.717, 1.165) is 0 Å². The molecule has 6 nitrogen and oxygen atoms in total. The summed E-state index contributed by atoms with van der Waals surface area (Å²) < 4.78 is 5.29. The molecular formula is C22H16Cl2N2O4. The van der Waals surface area contributed by atoms with E-state index in [1.54, 1.807) is 60.7 Å². The number of nitrogens with one attached hydrogen (secondary N) is 1. The van der Waals surface area contributed by atoms with Crippen LogP contribution in [-0.4, -0.2) is 23.2 Å². The van der Waals surface area contributed by atoms with Crippen LogP contribution in [0.3, 0.4) is 0 Å². The molecule has 0 aliphatic heterocycles. The predicted molar refractivity (Wildman–Crippen MR) is 115 cm³/mol. The Balaban J connectivity index is 1.56. The molecule has 0 heterocycles. The highest BCUT2D eigenvalue weighted by Crippen LogP contribution is 2.23. The van der Waals surface area contributed by atoms with Crippen LogP contribution in [0.2, 0.25) is 10.0 Å². The molecule has 3 aromatic carbocycles. The van der Waals surface area contributed by atoms with Crippen LogP contribution in [0, 0.1) is 0 Å². The molecule has 0 saturated carbocycles. The van der Waals surface area contributed by atoms with Crippen molar-refractivity contribution in [2.75, 3.05) is 0 Å². The number of rotatable bonds is 6. The van der Waals surface area contributed by atoms with Crippen molar-refractivity contribution < 1.29 is 19.4 Å². The average molecular weight is 443 g/mol. The van der Waals surface area contributed by atoms with E-state index in [0.29, 0.717) is 21.9 Å². The third kappa shape index (κ3) is 5.67. The van der Waals surface area contributed by atoms with Crippen molar-refractivity contribution in [3.8, 4) is 5.75 Å². The summed E-state index contributed by atoms with van der Waals surface area (Å²) in [5.41, 5.74) is 3.60. The maximum absolute atomic E-state index is 12.2. The SMILES string of the molecule is O=C(Oc1ccc(C=NNC(=O)C(O)c2ccccc2)cc1)c1ccc(Cl)cc1Cl. The van der Waals surface area contributed by atoms with Crippen molar-refractivity contribution in [2.45, 2.75) is 6.10 Å². The molecule has 3 rings (SSSR count). The fourth-order valence-corrected chi connectivity index (χ4v) is 2.94. The first kappa shape index (κ1) is 21.5. The van der Waals surface area contributed by atoms with E-state index in [9.17, 15) is 14.7 Å². The third-order valence-corrected chi connectivity index (χ3v) is 4.54. The Kier molecular flexibility index (Phi) is 7.19. The van der Waals surface area contributed by atoms with Crippen molar-refractivity contribution in [1.82, 2.24) is 5.43 Å². The zero-order chi connectivity index (χ0) is 21.5. The largest absolute Gasteiger partial charge is 0.423 e. The zero-order valence-electron chi connectivity index (χ0n) is 15.5. The van der Waals surface area contributed by atoms with Gasteiger partial charge < -0.3 is 9.84 Å². The van der Waals surface area contributed by atoms with Crippen molar-refractivity contribution in [3.63, 3.8) is 0 Å². The van der Waals surface area contributed by atoms with Gasteiger partial charge in [-0.15, -0.1) is 0 Å². The Morgan fingerprint density at radius 1 is 1.00 bits per heavy atom. The lowest BCUT2D eigenvalue weighted by molar-refractivity contribution is -0.129. The molecule has 0 fully saturated rings. The molecule has 0 aliphatic rings. The minimum absolute atomic E-state index is 0.199. The third-order valence-electron chi connectivity index (χ3n) is 3.99. The van der Waals surface area contributed by atoms with E-state index in [2.05, 4.69) is 10.5 Å². The van der Waals surface area contributed by atoms with Crippen LogP contribution in [0.1, 0.15) is 27.6 Å². The molecule has 0 saturated heterocycles. The number of carbonyl (C=O) groups is 2. The Morgan fingerprint density at radius 3 is 2.37 bits per heavy atom. The number of aliphatic hydroxyl groups excluding tert-OH is 1. The Bertz CT molecular complexity index is 1070. The molecule has 0 aliphatic carbocycles. The second kappa shape index (κ2) is 10.0. The second-order valence-electron chi connectivity index (χ2n) is 6.13. The number of ether oxygens (including phenoxy) is 1. The minimum atomic E-state index is -1.31. The zero-order valence-corrected chi connectivity index (χ0v) is 17.0. The van der Waals surface area contributed by atoms with Crippen LogP contribution in [0.4, 0.5) is 0 Å². The first-order chi connectivity index (χ1) is 14.4. The molecule has 30 heavy (non-hydrogen) atoms. The van der Waals surface area contributed by atoms with Crippen molar-refractivity contribution in [3.05, 3.63) is 99.5 Å². The fourth-order valence-electron chi connectivity index (χ4n) is 2.46. The van der Waals surface area contributed by atoms with E-state index in [-0.39, 0.29) is 10.6 Å². The lowest BCUT2D eigenvalue weighted by Gasteiger charge is -2.08. The molecule has 0 radical (unpaired) electrons. The van der Waals surface area contributed by atoms with Crippen LogP contribution in [-0.2, 0) is 4.79 Å². The molecule has 0 aromatic heterocycles. The molecule has 0 spiro atoms. The van der Waals surface area contributed by atoms with Gasteiger partial charge in [-0.1, -0.05) is 53.5 Å². The van der Waals surface area contributed by atoms with Crippen LogP contribution < -0.4 is 10.2 Å². The number of hydrazone groups is 1. The molecule has 2 N–H and O–H groups in total. The maximum Gasteiger partial charge on any atom is 0.345 e. The number of carbonyl (C=O) groups excluding carboxylic acids is 2. The summed E-state index contributed by atoms with van der Waals surface area (Å²) in [4.78, 5) is 24.2. The van der Waals surface area contributed by atoms with Gasteiger partial charge in [0.1, 0.15) is 5.75 Å². The van der Waals surface area contributed by atoms with Gasteiger partial charge in [0.15, 0.2) is 6.10 Å². The van der Waals surface area contributed by atoms with E-state index in [1.165, 1.54) is 18.3 Å². The number of hydrogen-bond donors (Lipinski definition) is 2. The van der Waals surface area contributed by atoms with Crippen molar-refractivity contribution in [2.24, 2.45) is 5.10 Å². The average Bonchev–Trinajstić information content (AvgIpc) is 2.75. The molecule has 1 atom stereocenters. The highest BCUT2D eigenvalue weighted by atomic mass is 35.5. The molecule has 152 valence electrons. The summed E-state index contributed by atoms with van der Waals surface area (Å²) in [6.07, 6.45) is 0.0851. The van der Waals surface area contributed by atoms with Gasteiger partial charge >= 0.3 is 5.97 Å². The number of esters is 1.